The molecule has 2 saturated heterocycles. The second kappa shape index (κ2) is 7.52. The summed E-state index contributed by atoms with van der Waals surface area (Å²) >= 11 is 0. The molecule has 2 aliphatic rings. The maximum atomic E-state index is 11.3. The highest BCUT2D eigenvalue weighted by molar-refractivity contribution is 7.88. The van der Waals surface area contributed by atoms with Crippen LogP contribution in [0.15, 0.2) is 30.5 Å². The lowest BCUT2D eigenvalue weighted by Gasteiger charge is -2.32. The third-order valence-corrected chi connectivity index (χ3v) is 6.11. The van der Waals surface area contributed by atoms with Crippen LogP contribution in [-0.2, 0) is 26.0 Å². The first-order chi connectivity index (χ1) is 12.9. The summed E-state index contributed by atoms with van der Waals surface area (Å²) in [5.74, 6) is 0. The van der Waals surface area contributed by atoms with Crippen LogP contribution in [0.3, 0.4) is 0 Å². The Bertz CT molecular complexity index is 897. The molecule has 2 fully saturated rings. The van der Waals surface area contributed by atoms with E-state index in [0.29, 0.717) is 19.8 Å². The van der Waals surface area contributed by atoms with Gasteiger partial charge in [0, 0.05) is 43.3 Å². The van der Waals surface area contributed by atoms with Gasteiger partial charge in [0.1, 0.15) is 5.60 Å². The molecule has 1 aromatic heterocycles. The Morgan fingerprint density at radius 1 is 1.37 bits per heavy atom. The summed E-state index contributed by atoms with van der Waals surface area (Å²) in [6.45, 7) is 4.06. The van der Waals surface area contributed by atoms with Crippen LogP contribution in [0.5, 0.6) is 0 Å². The molecule has 0 saturated carbocycles. The predicted octanol–water partition coefficient (Wildman–Crippen LogP) is 1.47. The van der Waals surface area contributed by atoms with E-state index in [1.54, 1.807) is 0 Å². The zero-order valence-electron chi connectivity index (χ0n) is 15.6. The van der Waals surface area contributed by atoms with Crippen LogP contribution in [0.2, 0.25) is 0 Å². The molecular weight excluding hydrogens is 366 g/mol. The summed E-state index contributed by atoms with van der Waals surface area (Å²) < 4.78 is 37.4. The molecule has 0 unspecified atom stereocenters. The first kappa shape index (κ1) is 18.9. The summed E-state index contributed by atoms with van der Waals surface area (Å²) in [6, 6.07) is 8.46. The van der Waals surface area contributed by atoms with Gasteiger partial charge < -0.3 is 14.5 Å². The monoisotopic (exact) mass is 393 g/mol. The quantitative estimate of drug-likeness (QED) is 0.804. The number of nitrogens with one attached hydrogen (secondary N) is 2. The molecule has 0 aliphatic carbocycles. The van der Waals surface area contributed by atoms with Gasteiger partial charge in [0.05, 0.1) is 25.6 Å². The maximum absolute atomic E-state index is 11.3. The smallest absolute Gasteiger partial charge is 0.208 e. The van der Waals surface area contributed by atoms with Crippen LogP contribution in [-0.4, -0.2) is 69.1 Å². The van der Waals surface area contributed by atoms with Crippen LogP contribution >= 0.6 is 0 Å². The van der Waals surface area contributed by atoms with E-state index in [1.807, 2.05) is 6.20 Å². The Morgan fingerprint density at radius 3 is 3.11 bits per heavy atom. The highest BCUT2D eigenvalue weighted by Gasteiger charge is 2.43. The van der Waals surface area contributed by atoms with Gasteiger partial charge in [-0.15, -0.1) is 0 Å². The fourth-order valence-corrected chi connectivity index (χ4v) is 4.64. The average molecular weight is 394 g/mol. The standard InChI is InChI=1S/C19H27N3O4S/c1-27(23,24)21-11-16-5-7-19(26-16)13-22(9-10-25-14-19)12-15-3-2-4-18-17(15)6-8-20-18/h2-4,6,8,16,20-21H,5,7,9-14H2,1H3/t16-,19-/m1/s1. The van der Waals surface area contributed by atoms with E-state index < -0.39 is 10.0 Å². The molecule has 148 valence electrons. The molecule has 7 nitrogen and oxygen atoms in total. The second-order valence-electron chi connectivity index (χ2n) is 7.70. The van der Waals surface area contributed by atoms with Crippen LogP contribution in [0.1, 0.15) is 18.4 Å². The fraction of sp³-hybridized carbons (Fsp3) is 0.579. The van der Waals surface area contributed by atoms with E-state index in [0.717, 1.165) is 38.0 Å². The molecule has 1 spiro atoms. The minimum Gasteiger partial charge on any atom is -0.377 e. The van der Waals surface area contributed by atoms with Crippen molar-refractivity contribution < 1.29 is 17.9 Å². The molecule has 0 amide bonds. The second-order valence-corrected chi connectivity index (χ2v) is 9.53. The van der Waals surface area contributed by atoms with Crippen LogP contribution < -0.4 is 4.72 Å². The minimum absolute atomic E-state index is 0.101. The number of rotatable bonds is 5. The van der Waals surface area contributed by atoms with Crippen LogP contribution in [0.4, 0.5) is 0 Å². The SMILES string of the molecule is CS(=O)(=O)NC[C@H]1CC[C@@]2(COCCN(Cc3cccc4[nH]ccc34)C2)O1. The first-order valence-electron chi connectivity index (χ1n) is 9.40. The van der Waals surface area contributed by atoms with Gasteiger partial charge in [-0.2, -0.15) is 0 Å². The molecule has 2 aliphatic heterocycles. The number of aromatic amines is 1. The molecule has 8 heteroatoms. The van der Waals surface area contributed by atoms with Crippen molar-refractivity contribution in [3.05, 3.63) is 36.0 Å². The van der Waals surface area contributed by atoms with E-state index in [9.17, 15) is 8.42 Å². The lowest BCUT2D eigenvalue weighted by atomic mass is 9.99. The predicted molar refractivity (Wildman–Crippen MR) is 104 cm³/mol. The highest BCUT2D eigenvalue weighted by atomic mass is 32.2. The molecule has 0 bridgehead atoms. The minimum atomic E-state index is -3.20. The van der Waals surface area contributed by atoms with Crippen LogP contribution in [0.25, 0.3) is 10.9 Å². The van der Waals surface area contributed by atoms with E-state index >= 15 is 0 Å². The molecule has 2 N–H and O–H groups in total. The van der Waals surface area contributed by atoms with Crippen molar-refractivity contribution in [2.75, 3.05) is 39.1 Å². The summed E-state index contributed by atoms with van der Waals surface area (Å²) in [6.07, 6.45) is 4.77. The first-order valence-corrected chi connectivity index (χ1v) is 11.3. The molecule has 2 atom stereocenters. The van der Waals surface area contributed by atoms with E-state index in [4.69, 9.17) is 9.47 Å². The summed E-state index contributed by atoms with van der Waals surface area (Å²) in [5.41, 5.74) is 2.09. The topological polar surface area (TPSA) is 83.7 Å². The van der Waals surface area contributed by atoms with Gasteiger partial charge in [0.15, 0.2) is 0 Å². The maximum Gasteiger partial charge on any atom is 0.208 e. The number of sulfonamides is 1. The molecule has 27 heavy (non-hydrogen) atoms. The molecule has 1 aromatic carbocycles. The van der Waals surface area contributed by atoms with Crippen LogP contribution in [0, 0.1) is 0 Å². The molecule has 4 rings (SSSR count). The lowest BCUT2D eigenvalue weighted by molar-refractivity contribution is -0.0843. The summed E-state index contributed by atoms with van der Waals surface area (Å²) in [4.78, 5) is 5.66. The Balaban J connectivity index is 1.44. The summed E-state index contributed by atoms with van der Waals surface area (Å²) in [7, 11) is -3.20. The van der Waals surface area contributed by atoms with Crippen molar-refractivity contribution in [1.82, 2.24) is 14.6 Å². The summed E-state index contributed by atoms with van der Waals surface area (Å²) in [5, 5.41) is 1.25. The van der Waals surface area contributed by atoms with Gasteiger partial charge >= 0.3 is 0 Å². The Morgan fingerprint density at radius 2 is 2.26 bits per heavy atom. The molecule has 0 radical (unpaired) electrons. The van der Waals surface area contributed by atoms with Crippen molar-refractivity contribution in [3.8, 4) is 0 Å². The van der Waals surface area contributed by atoms with Gasteiger partial charge in [0.2, 0.25) is 10.0 Å². The average Bonchev–Trinajstić information content (AvgIpc) is 3.19. The van der Waals surface area contributed by atoms with Gasteiger partial charge in [-0.25, -0.2) is 13.1 Å². The van der Waals surface area contributed by atoms with E-state index in [-0.39, 0.29) is 11.7 Å². The number of H-pyrrole nitrogens is 1. The van der Waals surface area contributed by atoms with Gasteiger partial charge in [-0.05, 0) is 30.5 Å². The zero-order valence-corrected chi connectivity index (χ0v) is 16.4. The van der Waals surface area contributed by atoms with Gasteiger partial charge in [-0.1, -0.05) is 12.1 Å². The number of hydrogen-bond donors (Lipinski definition) is 2. The largest absolute Gasteiger partial charge is 0.377 e. The fourth-order valence-electron chi connectivity index (χ4n) is 4.15. The molecule has 2 aromatic rings. The van der Waals surface area contributed by atoms with Crippen molar-refractivity contribution in [3.63, 3.8) is 0 Å². The van der Waals surface area contributed by atoms with Crippen molar-refractivity contribution in [1.29, 1.82) is 0 Å². The van der Waals surface area contributed by atoms with Crippen molar-refractivity contribution in [2.24, 2.45) is 0 Å². The number of hydrogen-bond acceptors (Lipinski definition) is 5. The number of aromatic nitrogens is 1. The number of benzene rings is 1. The van der Waals surface area contributed by atoms with Gasteiger partial charge in [-0.3, -0.25) is 4.90 Å². The normalized spacial score (nSPS) is 27.4. The van der Waals surface area contributed by atoms with Crippen molar-refractivity contribution in [2.45, 2.75) is 31.1 Å². The molecular formula is C19H27N3O4S. The zero-order chi connectivity index (χ0) is 18.9. The number of ether oxygens (including phenoxy) is 2. The molecule has 3 heterocycles. The third kappa shape index (κ3) is 4.52. The number of nitrogens with zero attached hydrogens (tertiary/aromatic N) is 1. The van der Waals surface area contributed by atoms with Gasteiger partial charge in [0.25, 0.3) is 0 Å². The van der Waals surface area contributed by atoms with E-state index in [1.165, 1.54) is 17.2 Å². The lowest BCUT2D eigenvalue weighted by Crippen LogP contribution is -2.45. The van der Waals surface area contributed by atoms with E-state index in [2.05, 4.69) is 38.9 Å². The highest BCUT2D eigenvalue weighted by Crippen LogP contribution is 2.33. The number of fused-ring (bicyclic) bond motifs is 1. The third-order valence-electron chi connectivity index (χ3n) is 5.42. The Hall–Kier alpha value is -1.45. The Kier molecular flexibility index (Phi) is 5.26. The Labute approximate surface area is 160 Å². The van der Waals surface area contributed by atoms with Crippen molar-refractivity contribution >= 4 is 20.9 Å².